The molecule has 10 nitrogen and oxygen atoms in total. The van der Waals surface area contributed by atoms with E-state index in [-0.39, 0.29) is 17.7 Å². The number of H-pyrrole nitrogens is 1. The summed E-state index contributed by atoms with van der Waals surface area (Å²) in [7, 11) is 0. The van der Waals surface area contributed by atoms with Gasteiger partial charge in [0.1, 0.15) is 6.04 Å². The van der Waals surface area contributed by atoms with Crippen LogP contribution >= 0.6 is 0 Å². The zero-order valence-electron chi connectivity index (χ0n) is 16.2. The van der Waals surface area contributed by atoms with E-state index in [0.717, 1.165) is 22.6 Å². The van der Waals surface area contributed by atoms with Gasteiger partial charge in [0.05, 0.1) is 28.8 Å². The maximum Gasteiger partial charge on any atom is 0.312 e. The molecule has 6 heterocycles. The number of imidazole rings is 1. The van der Waals surface area contributed by atoms with Gasteiger partial charge in [0.15, 0.2) is 0 Å². The highest BCUT2D eigenvalue weighted by atomic mass is 16.4. The Labute approximate surface area is 175 Å². The van der Waals surface area contributed by atoms with Gasteiger partial charge in [-0.2, -0.15) is 5.10 Å². The lowest BCUT2D eigenvalue weighted by atomic mass is 9.99. The quantitative estimate of drug-likeness (QED) is 0.483. The lowest BCUT2D eigenvalue weighted by Crippen LogP contribution is -2.41. The van der Waals surface area contributed by atoms with Crippen LogP contribution in [0, 0.1) is 0 Å². The Morgan fingerprint density at radius 2 is 2.16 bits per heavy atom. The van der Waals surface area contributed by atoms with Crippen LogP contribution in [0.2, 0.25) is 0 Å². The lowest BCUT2D eigenvalue weighted by Gasteiger charge is -2.32. The highest BCUT2D eigenvalue weighted by molar-refractivity contribution is 5.90. The fraction of sp³-hybridized carbons (Fsp3) is 0.143. The van der Waals surface area contributed by atoms with E-state index in [1.54, 1.807) is 40.3 Å². The molecule has 10 heteroatoms. The normalized spacial score (nSPS) is 15.9. The summed E-state index contributed by atoms with van der Waals surface area (Å²) in [5.41, 5.74) is 4.07. The van der Waals surface area contributed by atoms with Crippen molar-refractivity contribution in [2.45, 2.75) is 12.5 Å². The SMILES string of the molecule is O=C(c1nnc(-c2cccnc2)o1)N1CCc2[nH]cnc2[C@H]1c1cc2ccccn2n1. The fourth-order valence-electron chi connectivity index (χ4n) is 3.92. The van der Waals surface area contributed by atoms with E-state index in [0.29, 0.717) is 18.5 Å². The smallest absolute Gasteiger partial charge is 0.312 e. The van der Waals surface area contributed by atoms with Crippen molar-refractivity contribution < 1.29 is 9.21 Å². The lowest BCUT2D eigenvalue weighted by molar-refractivity contribution is 0.0646. The third kappa shape index (κ3) is 2.88. The number of rotatable bonds is 3. The first kappa shape index (κ1) is 17.5. The topological polar surface area (TPSA) is 118 Å². The maximum atomic E-state index is 13.4. The number of nitrogens with zero attached hydrogens (tertiary/aromatic N) is 7. The molecule has 0 fully saturated rings. The first-order valence-corrected chi connectivity index (χ1v) is 9.79. The molecule has 6 rings (SSSR count). The number of nitrogens with one attached hydrogen (secondary N) is 1. The summed E-state index contributed by atoms with van der Waals surface area (Å²) in [5.74, 6) is -0.192. The van der Waals surface area contributed by atoms with Crippen molar-refractivity contribution in [3.05, 3.63) is 84.3 Å². The number of pyridine rings is 2. The number of amides is 1. The fourth-order valence-corrected chi connectivity index (χ4v) is 3.92. The van der Waals surface area contributed by atoms with Gasteiger partial charge in [-0.05, 0) is 30.3 Å². The Kier molecular flexibility index (Phi) is 3.88. The summed E-state index contributed by atoms with van der Waals surface area (Å²) in [4.78, 5) is 26.8. The molecule has 0 unspecified atom stereocenters. The van der Waals surface area contributed by atoms with Crippen LogP contribution in [0.25, 0.3) is 17.0 Å². The van der Waals surface area contributed by atoms with E-state index >= 15 is 0 Å². The van der Waals surface area contributed by atoms with Gasteiger partial charge in [0.2, 0.25) is 5.89 Å². The molecule has 0 saturated heterocycles. The molecule has 152 valence electrons. The number of aromatic nitrogens is 7. The second kappa shape index (κ2) is 6.87. The van der Waals surface area contributed by atoms with Crippen molar-refractivity contribution >= 4 is 11.4 Å². The Morgan fingerprint density at radius 1 is 1.19 bits per heavy atom. The summed E-state index contributed by atoms with van der Waals surface area (Å²) in [6, 6.07) is 10.9. The monoisotopic (exact) mass is 412 g/mol. The molecule has 1 atom stereocenters. The standard InChI is InChI=1S/C21H16N8O2/c30-21(20-26-25-19(31-20)13-4-3-7-22-11-13)28-9-6-15-17(24-12-23-15)18(28)16-10-14-5-1-2-8-29(14)27-16/h1-5,7-8,10-12,18H,6,9H2,(H,23,24)/t18-/m1/s1. The summed E-state index contributed by atoms with van der Waals surface area (Å²) in [6.07, 6.45) is 7.43. The van der Waals surface area contributed by atoms with E-state index < -0.39 is 6.04 Å². The zero-order chi connectivity index (χ0) is 20.8. The average Bonchev–Trinajstić information content (AvgIpc) is 3.57. The van der Waals surface area contributed by atoms with Gasteiger partial charge in [-0.25, -0.2) is 9.50 Å². The number of hydrogen-bond donors (Lipinski definition) is 1. The average molecular weight is 412 g/mol. The van der Waals surface area contributed by atoms with Crippen LogP contribution in [-0.2, 0) is 6.42 Å². The zero-order valence-corrected chi connectivity index (χ0v) is 16.2. The second-order valence-corrected chi connectivity index (χ2v) is 7.21. The summed E-state index contributed by atoms with van der Waals surface area (Å²) in [5, 5.41) is 12.7. The van der Waals surface area contributed by atoms with Crippen LogP contribution in [0.3, 0.4) is 0 Å². The van der Waals surface area contributed by atoms with Gasteiger partial charge in [-0.3, -0.25) is 9.78 Å². The molecule has 1 aliphatic heterocycles. The minimum absolute atomic E-state index is 0.0772. The molecule has 0 aliphatic carbocycles. The van der Waals surface area contributed by atoms with Crippen molar-refractivity contribution in [1.29, 1.82) is 0 Å². The third-order valence-electron chi connectivity index (χ3n) is 5.37. The van der Waals surface area contributed by atoms with Crippen LogP contribution in [0.5, 0.6) is 0 Å². The Hall–Kier alpha value is -4.34. The van der Waals surface area contributed by atoms with Crippen LogP contribution in [0.1, 0.15) is 33.8 Å². The number of fused-ring (bicyclic) bond motifs is 2. The molecular formula is C21H16N8O2. The van der Waals surface area contributed by atoms with Crippen molar-refractivity contribution in [1.82, 2.24) is 39.7 Å². The minimum Gasteiger partial charge on any atom is -0.412 e. The van der Waals surface area contributed by atoms with Gasteiger partial charge in [-0.15, -0.1) is 10.2 Å². The summed E-state index contributed by atoms with van der Waals surface area (Å²) < 4.78 is 7.47. The largest absolute Gasteiger partial charge is 0.412 e. The van der Waals surface area contributed by atoms with Gasteiger partial charge < -0.3 is 14.3 Å². The number of carbonyl (C=O) groups is 1. The molecule has 1 aliphatic rings. The van der Waals surface area contributed by atoms with Gasteiger partial charge in [0.25, 0.3) is 0 Å². The molecule has 0 bridgehead atoms. The molecule has 5 aromatic rings. The van der Waals surface area contributed by atoms with Crippen molar-refractivity contribution in [3.8, 4) is 11.5 Å². The van der Waals surface area contributed by atoms with Gasteiger partial charge in [-0.1, -0.05) is 6.07 Å². The number of hydrogen-bond acceptors (Lipinski definition) is 7. The Balaban J connectivity index is 1.40. The number of aromatic amines is 1. The molecule has 0 aromatic carbocycles. The summed E-state index contributed by atoms with van der Waals surface area (Å²) in [6.45, 7) is 0.469. The van der Waals surface area contributed by atoms with Crippen LogP contribution in [-0.4, -0.2) is 52.1 Å². The molecule has 0 saturated carbocycles. The predicted octanol–water partition coefficient (Wildman–Crippen LogP) is 2.29. The van der Waals surface area contributed by atoms with E-state index in [1.807, 2.05) is 30.5 Å². The second-order valence-electron chi connectivity index (χ2n) is 7.21. The van der Waals surface area contributed by atoms with Gasteiger partial charge in [0, 0.05) is 37.3 Å². The van der Waals surface area contributed by atoms with E-state index in [9.17, 15) is 4.79 Å². The first-order chi connectivity index (χ1) is 15.3. The minimum atomic E-state index is -0.462. The van der Waals surface area contributed by atoms with Crippen LogP contribution in [0.15, 0.2) is 65.7 Å². The predicted molar refractivity (Wildman–Crippen MR) is 108 cm³/mol. The Morgan fingerprint density at radius 3 is 3.03 bits per heavy atom. The molecule has 0 spiro atoms. The highest BCUT2D eigenvalue weighted by Crippen LogP contribution is 2.34. The van der Waals surface area contributed by atoms with Crippen LogP contribution < -0.4 is 0 Å². The van der Waals surface area contributed by atoms with Crippen LogP contribution in [0.4, 0.5) is 0 Å². The van der Waals surface area contributed by atoms with E-state index in [2.05, 4.69) is 30.2 Å². The Bertz CT molecular complexity index is 1350. The molecule has 5 aromatic heterocycles. The van der Waals surface area contributed by atoms with E-state index in [1.165, 1.54) is 0 Å². The van der Waals surface area contributed by atoms with Crippen molar-refractivity contribution in [3.63, 3.8) is 0 Å². The van der Waals surface area contributed by atoms with Gasteiger partial charge >= 0.3 is 11.8 Å². The van der Waals surface area contributed by atoms with E-state index in [4.69, 9.17) is 4.42 Å². The number of carbonyl (C=O) groups excluding carboxylic acids is 1. The molecular weight excluding hydrogens is 396 g/mol. The molecule has 1 N–H and O–H groups in total. The highest BCUT2D eigenvalue weighted by Gasteiger charge is 2.38. The first-order valence-electron chi connectivity index (χ1n) is 9.79. The molecule has 31 heavy (non-hydrogen) atoms. The van der Waals surface area contributed by atoms with Crippen molar-refractivity contribution in [2.75, 3.05) is 6.54 Å². The molecule has 1 amide bonds. The third-order valence-corrected chi connectivity index (χ3v) is 5.37. The molecule has 0 radical (unpaired) electrons. The maximum absolute atomic E-state index is 13.4. The van der Waals surface area contributed by atoms with Crippen molar-refractivity contribution in [2.24, 2.45) is 0 Å². The summed E-state index contributed by atoms with van der Waals surface area (Å²) >= 11 is 0.